The van der Waals surface area contributed by atoms with Gasteiger partial charge in [-0.05, 0) is 43.3 Å². The Morgan fingerprint density at radius 3 is 2.55 bits per heavy atom. The number of likely N-dealkylation sites (tertiary alicyclic amines) is 1. The minimum atomic E-state index is -0.0947. The Hall–Kier alpha value is -2.03. The first-order chi connectivity index (χ1) is 14.0. The molecule has 1 saturated heterocycles. The summed E-state index contributed by atoms with van der Waals surface area (Å²) >= 11 is 6.39. The highest BCUT2D eigenvalue weighted by molar-refractivity contribution is 9.10. The summed E-state index contributed by atoms with van der Waals surface area (Å²) in [7, 11) is 0. The molecule has 2 aromatic heterocycles. The Balaban J connectivity index is 1.36. The van der Waals surface area contributed by atoms with Crippen LogP contribution in [0.5, 0.6) is 0 Å². The van der Waals surface area contributed by atoms with Gasteiger partial charge in [0.25, 0.3) is 5.91 Å². The van der Waals surface area contributed by atoms with Crippen LogP contribution in [0.3, 0.4) is 0 Å². The van der Waals surface area contributed by atoms with E-state index < -0.39 is 0 Å². The molecule has 0 aliphatic carbocycles. The van der Waals surface area contributed by atoms with Gasteiger partial charge in [0.05, 0.1) is 10.6 Å². The van der Waals surface area contributed by atoms with E-state index in [2.05, 4.69) is 26.2 Å². The fraction of sp³-hybridized carbons (Fsp3) is 0.286. The Labute approximate surface area is 185 Å². The summed E-state index contributed by atoms with van der Waals surface area (Å²) in [5.41, 5.74) is 1.93. The first-order valence-electron chi connectivity index (χ1n) is 9.38. The number of halogens is 1. The van der Waals surface area contributed by atoms with Crippen LogP contribution in [0.4, 0.5) is 5.13 Å². The topological polar surface area (TPSA) is 62.3 Å². The number of thiophene rings is 1. The van der Waals surface area contributed by atoms with Gasteiger partial charge in [-0.1, -0.05) is 34.1 Å². The third kappa shape index (κ3) is 4.60. The van der Waals surface area contributed by atoms with E-state index in [4.69, 9.17) is 0 Å². The van der Waals surface area contributed by atoms with Crippen molar-refractivity contribution in [2.45, 2.75) is 19.8 Å². The highest BCUT2D eigenvalue weighted by atomic mass is 79.9. The zero-order valence-corrected chi connectivity index (χ0v) is 19.1. The molecule has 4 rings (SSSR count). The molecule has 1 aliphatic rings. The Bertz CT molecular complexity index is 1010. The Morgan fingerprint density at radius 2 is 1.90 bits per heavy atom. The summed E-state index contributed by atoms with van der Waals surface area (Å²) in [6, 6.07) is 11.7. The second-order valence-corrected chi connectivity index (χ2v) is 10.0. The summed E-state index contributed by atoms with van der Waals surface area (Å²) in [5.74, 6) is -0.0411. The maximum absolute atomic E-state index is 12.7. The third-order valence-corrected chi connectivity index (χ3v) is 7.30. The first-order valence-corrected chi connectivity index (χ1v) is 11.9. The molecule has 0 radical (unpaired) electrons. The summed E-state index contributed by atoms with van der Waals surface area (Å²) < 4.78 is 1.02. The molecule has 0 atom stereocenters. The molecule has 150 valence electrons. The van der Waals surface area contributed by atoms with Gasteiger partial charge in [0.15, 0.2) is 5.13 Å². The van der Waals surface area contributed by atoms with E-state index in [1.807, 2.05) is 53.6 Å². The molecule has 1 aromatic carbocycles. The highest BCUT2D eigenvalue weighted by Crippen LogP contribution is 2.32. The van der Waals surface area contributed by atoms with Gasteiger partial charge in [0.1, 0.15) is 0 Å². The third-order valence-electron chi connectivity index (χ3n) is 5.03. The lowest BCUT2D eigenvalue weighted by Gasteiger charge is -2.30. The number of nitrogens with zero attached hydrogens (tertiary/aromatic N) is 2. The molecule has 0 bridgehead atoms. The molecular weight excluding hydrogens is 470 g/mol. The predicted octanol–water partition coefficient (Wildman–Crippen LogP) is 5.43. The number of nitrogens with one attached hydrogen (secondary N) is 1. The number of thiazole rings is 1. The van der Waals surface area contributed by atoms with Crippen molar-refractivity contribution in [3.63, 3.8) is 0 Å². The molecule has 1 fully saturated rings. The van der Waals surface area contributed by atoms with E-state index >= 15 is 0 Å². The molecule has 29 heavy (non-hydrogen) atoms. The normalized spacial score (nSPS) is 14.8. The standard InChI is InChI=1S/C21H20BrN3O2S2/c1-13-18(14-4-6-16(22)7-5-14)23-21(29-13)24-19(26)15-8-10-25(11-9-15)20(27)17-3-2-12-28-17/h2-7,12,15H,8-11H2,1H3,(H,23,24,26). The largest absolute Gasteiger partial charge is 0.338 e. The Kier molecular flexibility index (Phi) is 6.12. The molecule has 1 aliphatic heterocycles. The van der Waals surface area contributed by atoms with Gasteiger partial charge < -0.3 is 10.2 Å². The fourth-order valence-corrected chi connectivity index (χ4v) is 5.23. The summed E-state index contributed by atoms with van der Waals surface area (Å²) in [6.45, 7) is 3.23. The van der Waals surface area contributed by atoms with E-state index in [1.54, 1.807) is 0 Å². The first kappa shape index (κ1) is 20.3. The summed E-state index contributed by atoms with van der Waals surface area (Å²) in [4.78, 5) is 33.5. The zero-order valence-electron chi connectivity index (χ0n) is 15.9. The number of benzene rings is 1. The van der Waals surface area contributed by atoms with Crippen LogP contribution >= 0.6 is 38.6 Å². The number of anilines is 1. The van der Waals surface area contributed by atoms with Crippen LogP contribution in [0, 0.1) is 12.8 Å². The van der Waals surface area contributed by atoms with Gasteiger partial charge in [0.2, 0.25) is 5.91 Å². The van der Waals surface area contributed by atoms with E-state index in [0.29, 0.717) is 31.1 Å². The van der Waals surface area contributed by atoms with Crippen LogP contribution in [-0.4, -0.2) is 34.8 Å². The van der Waals surface area contributed by atoms with Crippen LogP contribution in [0.1, 0.15) is 27.4 Å². The van der Waals surface area contributed by atoms with Gasteiger partial charge in [-0.25, -0.2) is 4.98 Å². The van der Waals surface area contributed by atoms with Crippen LogP contribution < -0.4 is 5.32 Å². The smallest absolute Gasteiger partial charge is 0.263 e. The lowest BCUT2D eigenvalue weighted by Crippen LogP contribution is -2.41. The molecule has 1 N–H and O–H groups in total. The summed E-state index contributed by atoms with van der Waals surface area (Å²) in [5, 5.41) is 5.52. The number of hydrogen-bond donors (Lipinski definition) is 1. The summed E-state index contributed by atoms with van der Waals surface area (Å²) in [6.07, 6.45) is 1.35. The van der Waals surface area contributed by atoms with Crippen molar-refractivity contribution in [2.75, 3.05) is 18.4 Å². The SMILES string of the molecule is Cc1sc(NC(=O)C2CCN(C(=O)c3cccs3)CC2)nc1-c1ccc(Br)cc1. The van der Waals surface area contributed by atoms with E-state index in [-0.39, 0.29) is 17.7 Å². The van der Waals surface area contributed by atoms with Crippen molar-refractivity contribution < 1.29 is 9.59 Å². The van der Waals surface area contributed by atoms with Crippen LogP contribution in [-0.2, 0) is 4.79 Å². The molecule has 0 unspecified atom stereocenters. The number of piperidine rings is 1. The number of aryl methyl sites for hydroxylation is 1. The molecule has 3 aromatic rings. The number of aromatic nitrogens is 1. The predicted molar refractivity (Wildman–Crippen MR) is 122 cm³/mol. The molecule has 2 amide bonds. The van der Waals surface area contributed by atoms with Gasteiger partial charge >= 0.3 is 0 Å². The molecule has 5 nitrogen and oxygen atoms in total. The van der Waals surface area contributed by atoms with Crippen LogP contribution in [0.25, 0.3) is 11.3 Å². The number of carbonyl (C=O) groups excluding carboxylic acids is 2. The zero-order chi connectivity index (χ0) is 20.4. The van der Waals surface area contributed by atoms with Gasteiger partial charge in [-0.15, -0.1) is 22.7 Å². The number of rotatable bonds is 4. The van der Waals surface area contributed by atoms with Crippen molar-refractivity contribution in [1.82, 2.24) is 9.88 Å². The van der Waals surface area contributed by atoms with Crippen molar-refractivity contribution in [3.05, 3.63) is 56.0 Å². The van der Waals surface area contributed by atoms with Gasteiger partial charge in [0, 0.05) is 33.9 Å². The minimum absolute atomic E-state index is 0.00988. The second-order valence-electron chi connectivity index (χ2n) is 6.96. The lowest BCUT2D eigenvalue weighted by atomic mass is 9.96. The number of amides is 2. The highest BCUT2D eigenvalue weighted by Gasteiger charge is 2.28. The van der Waals surface area contributed by atoms with E-state index in [1.165, 1.54) is 22.7 Å². The maximum Gasteiger partial charge on any atom is 0.263 e. The molecule has 8 heteroatoms. The van der Waals surface area contributed by atoms with Crippen molar-refractivity contribution in [3.8, 4) is 11.3 Å². The van der Waals surface area contributed by atoms with Crippen LogP contribution in [0.15, 0.2) is 46.3 Å². The average molecular weight is 490 g/mol. The number of carbonyl (C=O) groups is 2. The van der Waals surface area contributed by atoms with E-state index in [0.717, 1.165) is 25.5 Å². The molecular formula is C21H20BrN3O2S2. The molecule has 3 heterocycles. The fourth-order valence-electron chi connectivity index (χ4n) is 3.43. The van der Waals surface area contributed by atoms with Crippen molar-refractivity contribution in [1.29, 1.82) is 0 Å². The number of hydrogen-bond acceptors (Lipinski definition) is 5. The van der Waals surface area contributed by atoms with Gasteiger partial charge in [-0.3, -0.25) is 9.59 Å². The second kappa shape index (κ2) is 8.77. The average Bonchev–Trinajstić information content (AvgIpc) is 3.38. The van der Waals surface area contributed by atoms with Crippen molar-refractivity contribution in [2.24, 2.45) is 5.92 Å². The van der Waals surface area contributed by atoms with Crippen LogP contribution in [0.2, 0.25) is 0 Å². The minimum Gasteiger partial charge on any atom is -0.338 e. The van der Waals surface area contributed by atoms with Crippen molar-refractivity contribution >= 4 is 55.5 Å². The molecule has 0 spiro atoms. The lowest BCUT2D eigenvalue weighted by molar-refractivity contribution is -0.121. The monoisotopic (exact) mass is 489 g/mol. The van der Waals surface area contributed by atoms with E-state index in [9.17, 15) is 9.59 Å². The quantitative estimate of drug-likeness (QED) is 0.530. The maximum atomic E-state index is 12.7. The van der Waals surface area contributed by atoms with Gasteiger partial charge in [-0.2, -0.15) is 0 Å². The Morgan fingerprint density at radius 1 is 1.17 bits per heavy atom. The molecule has 0 saturated carbocycles.